The van der Waals surface area contributed by atoms with E-state index in [4.69, 9.17) is 5.11 Å². The summed E-state index contributed by atoms with van der Waals surface area (Å²) >= 11 is 0. The number of aliphatic carboxylic acids is 1. The molecule has 0 heterocycles. The van der Waals surface area contributed by atoms with Gasteiger partial charge in [0.15, 0.2) is 0 Å². The van der Waals surface area contributed by atoms with E-state index in [0.717, 1.165) is 6.92 Å². The first kappa shape index (κ1) is 9.76. The van der Waals surface area contributed by atoms with Crippen LogP contribution in [0, 0.1) is 0 Å². The van der Waals surface area contributed by atoms with Crippen molar-refractivity contribution in [1.29, 1.82) is 0 Å². The molecule has 0 fully saturated rings. The first-order valence-corrected chi connectivity index (χ1v) is 1.38. The van der Waals surface area contributed by atoms with Crippen molar-refractivity contribution in [3.63, 3.8) is 0 Å². The summed E-state index contributed by atoms with van der Waals surface area (Å²) in [6, 6.07) is 0. The Kier molecular flexibility index (Phi) is 5.23. The van der Waals surface area contributed by atoms with Crippen molar-refractivity contribution < 1.29 is 14.7 Å². The van der Waals surface area contributed by atoms with E-state index in [1.807, 2.05) is 0 Å². The van der Waals surface area contributed by atoms with Crippen LogP contribution in [0.15, 0.2) is 0 Å². The normalized spacial score (nSPS) is 6.43. The molecule has 42 valence electrons. The molecule has 0 bridgehead atoms. The van der Waals surface area contributed by atoms with E-state index in [2.05, 4.69) is 0 Å². The molecule has 7 heavy (non-hydrogen) atoms. The van der Waals surface area contributed by atoms with Crippen molar-refractivity contribution >= 4 is 21.7 Å². The molecule has 1 unspecified atom stereocenters. The summed E-state index contributed by atoms with van der Waals surface area (Å²) in [7, 11) is 0. The lowest BCUT2D eigenvalue weighted by Gasteiger charge is -1.73. The molecule has 1 atom stereocenters. The Morgan fingerprint density at radius 2 is 1.57 bits per heavy atom. The SMILES string of the molecule is CC(=O)C(=O)O.P. The molecular weight excluding hydrogens is 115 g/mol. The first-order valence-electron chi connectivity index (χ1n) is 1.38. The van der Waals surface area contributed by atoms with Crippen molar-refractivity contribution in [2.45, 2.75) is 6.92 Å². The van der Waals surface area contributed by atoms with Gasteiger partial charge in [-0.25, -0.2) is 4.79 Å². The maximum Gasteiger partial charge on any atom is 0.371 e. The lowest BCUT2D eigenvalue weighted by Crippen LogP contribution is -2.05. The van der Waals surface area contributed by atoms with Crippen LogP contribution in [-0.4, -0.2) is 16.9 Å². The van der Waals surface area contributed by atoms with E-state index < -0.39 is 11.8 Å². The van der Waals surface area contributed by atoms with Gasteiger partial charge in [-0.2, -0.15) is 9.90 Å². The van der Waals surface area contributed by atoms with Gasteiger partial charge in [-0.15, -0.1) is 0 Å². The summed E-state index contributed by atoms with van der Waals surface area (Å²) in [6.45, 7) is 1.00. The molecule has 1 N–H and O–H groups in total. The summed E-state index contributed by atoms with van der Waals surface area (Å²) in [4.78, 5) is 18.9. The predicted molar refractivity (Wildman–Crippen MR) is 29.4 cm³/mol. The Balaban J connectivity index is 0. The Labute approximate surface area is 44.3 Å². The lowest BCUT2D eigenvalue weighted by molar-refractivity contribution is -0.148. The molecule has 0 saturated carbocycles. The third kappa shape index (κ3) is 5.57. The summed E-state index contributed by atoms with van der Waals surface area (Å²) < 4.78 is 0. The number of carbonyl (C=O) groups excluding carboxylic acids is 1. The van der Waals surface area contributed by atoms with E-state index >= 15 is 0 Å². The highest BCUT2D eigenvalue weighted by molar-refractivity contribution is 6.92. The molecule has 0 aliphatic rings. The largest absolute Gasteiger partial charge is 0.476 e. The predicted octanol–water partition coefficient (Wildman–Crippen LogP) is -0.282. The van der Waals surface area contributed by atoms with E-state index in [9.17, 15) is 9.59 Å². The van der Waals surface area contributed by atoms with Crippen LogP contribution in [0.1, 0.15) is 6.92 Å². The minimum Gasteiger partial charge on any atom is -0.476 e. The van der Waals surface area contributed by atoms with Gasteiger partial charge in [0.05, 0.1) is 0 Å². The van der Waals surface area contributed by atoms with Crippen LogP contribution in [-0.2, 0) is 9.59 Å². The van der Waals surface area contributed by atoms with Gasteiger partial charge >= 0.3 is 5.97 Å². The van der Waals surface area contributed by atoms with Crippen LogP contribution >= 0.6 is 9.90 Å². The third-order valence-corrected chi connectivity index (χ3v) is 0.301. The molecule has 0 saturated heterocycles. The van der Waals surface area contributed by atoms with Crippen molar-refractivity contribution in [1.82, 2.24) is 0 Å². The number of hydrogen-bond donors (Lipinski definition) is 1. The fraction of sp³-hybridized carbons (Fsp3) is 0.333. The molecule has 0 amide bonds. The average Bonchev–Trinajstić information content (AvgIpc) is 1.36. The molecule has 0 radical (unpaired) electrons. The highest BCUT2D eigenvalue weighted by Crippen LogP contribution is 1.61. The zero-order chi connectivity index (χ0) is 5.15. The number of carbonyl (C=O) groups is 2. The summed E-state index contributed by atoms with van der Waals surface area (Å²) in [5, 5.41) is 7.64. The zero-order valence-corrected chi connectivity index (χ0v) is 5.39. The molecule has 0 aliphatic carbocycles. The van der Waals surface area contributed by atoms with Gasteiger partial charge in [-0.1, -0.05) is 0 Å². The number of carboxylic acid groups (broad SMARTS) is 1. The molecular formula is C3H7O3P. The first-order chi connectivity index (χ1) is 2.64. The fourth-order valence-electron chi connectivity index (χ4n) is 0. The summed E-state index contributed by atoms with van der Waals surface area (Å²) in [5.41, 5.74) is 0. The van der Waals surface area contributed by atoms with Gasteiger partial charge in [0.2, 0.25) is 5.78 Å². The van der Waals surface area contributed by atoms with E-state index in [1.54, 1.807) is 0 Å². The van der Waals surface area contributed by atoms with Crippen molar-refractivity contribution in [3.05, 3.63) is 0 Å². The number of rotatable bonds is 1. The molecule has 0 aliphatic heterocycles. The lowest BCUT2D eigenvalue weighted by atomic mass is 10.5. The molecule has 0 spiro atoms. The Morgan fingerprint density at radius 3 is 1.57 bits per heavy atom. The van der Waals surface area contributed by atoms with Gasteiger partial charge in [-0.05, 0) is 0 Å². The summed E-state index contributed by atoms with van der Waals surface area (Å²) in [6.07, 6.45) is 0. The molecule has 0 aromatic heterocycles. The zero-order valence-electron chi connectivity index (χ0n) is 3.97. The smallest absolute Gasteiger partial charge is 0.371 e. The Hall–Kier alpha value is -0.430. The van der Waals surface area contributed by atoms with Gasteiger partial charge in [0, 0.05) is 6.92 Å². The number of hydrogen-bond acceptors (Lipinski definition) is 2. The Morgan fingerprint density at radius 1 is 1.43 bits per heavy atom. The molecule has 4 heteroatoms. The van der Waals surface area contributed by atoms with Crippen molar-refractivity contribution in [2.24, 2.45) is 0 Å². The van der Waals surface area contributed by atoms with Crippen LogP contribution in [0.2, 0.25) is 0 Å². The van der Waals surface area contributed by atoms with Gasteiger partial charge < -0.3 is 5.11 Å². The second-order valence-electron chi connectivity index (χ2n) is 0.861. The second kappa shape index (κ2) is 3.75. The molecule has 0 aromatic rings. The Bertz CT molecular complexity index is 76.2. The third-order valence-electron chi connectivity index (χ3n) is 0.301. The number of Topliss-reactive ketones (excluding diaryl/α,β-unsaturated/α-hetero) is 1. The van der Waals surface area contributed by atoms with Crippen molar-refractivity contribution in [3.8, 4) is 0 Å². The highest BCUT2D eigenvalue weighted by Gasteiger charge is 1.98. The van der Waals surface area contributed by atoms with Gasteiger partial charge in [-0.3, -0.25) is 4.79 Å². The van der Waals surface area contributed by atoms with E-state index in [1.165, 1.54) is 0 Å². The maximum atomic E-state index is 9.54. The highest BCUT2D eigenvalue weighted by atomic mass is 31.0. The number of ketones is 1. The quantitative estimate of drug-likeness (QED) is 0.384. The van der Waals surface area contributed by atoms with Gasteiger partial charge in [0.1, 0.15) is 0 Å². The standard InChI is InChI=1S/C3H4O3.H3P/c1-2(4)3(5)6;/h1H3,(H,5,6);1H3. The van der Waals surface area contributed by atoms with Crippen LogP contribution in [0.5, 0.6) is 0 Å². The molecule has 3 nitrogen and oxygen atoms in total. The maximum absolute atomic E-state index is 9.54. The molecule has 0 rings (SSSR count). The monoisotopic (exact) mass is 122 g/mol. The molecule has 0 aromatic carbocycles. The van der Waals surface area contributed by atoms with Gasteiger partial charge in [0.25, 0.3) is 0 Å². The number of carboxylic acids is 1. The minimum absolute atomic E-state index is 0. The fourth-order valence-corrected chi connectivity index (χ4v) is 0. The minimum atomic E-state index is -1.38. The van der Waals surface area contributed by atoms with Crippen molar-refractivity contribution in [2.75, 3.05) is 0 Å². The average molecular weight is 122 g/mol. The van der Waals surface area contributed by atoms with Crippen LogP contribution in [0.25, 0.3) is 0 Å². The van der Waals surface area contributed by atoms with Crippen LogP contribution in [0.3, 0.4) is 0 Å². The topological polar surface area (TPSA) is 54.4 Å². The van der Waals surface area contributed by atoms with Crippen LogP contribution < -0.4 is 0 Å². The van der Waals surface area contributed by atoms with Crippen LogP contribution in [0.4, 0.5) is 0 Å². The second-order valence-corrected chi connectivity index (χ2v) is 0.861. The van der Waals surface area contributed by atoms with E-state index in [0.29, 0.717) is 0 Å². The van der Waals surface area contributed by atoms with E-state index in [-0.39, 0.29) is 9.90 Å². The summed E-state index contributed by atoms with van der Waals surface area (Å²) in [5.74, 6) is -2.20.